The van der Waals surface area contributed by atoms with Crippen LogP contribution in [0.4, 0.5) is 0 Å². The van der Waals surface area contributed by atoms with Crippen LogP contribution in [0.1, 0.15) is 37.8 Å². The molecule has 0 radical (unpaired) electrons. The van der Waals surface area contributed by atoms with Crippen LogP contribution in [-0.2, 0) is 12.8 Å². The maximum Gasteiger partial charge on any atom is 0.122 e. The molecular formula is C17H27NO2. The number of nitrogens with zero attached hydrogens (tertiary/aromatic N) is 1. The van der Waals surface area contributed by atoms with Gasteiger partial charge in [0.1, 0.15) is 5.75 Å². The minimum absolute atomic E-state index is 0.194. The first-order valence-corrected chi connectivity index (χ1v) is 7.88. The SMILES string of the molecule is CCN(CC)CCC(O)CCc1ccc2c(c1)CCO2. The molecule has 0 amide bonds. The lowest BCUT2D eigenvalue weighted by atomic mass is 10.0. The molecule has 0 fully saturated rings. The Morgan fingerprint density at radius 2 is 2.05 bits per heavy atom. The Labute approximate surface area is 122 Å². The molecule has 0 saturated carbocycles. The lowest BCUT2D eigenvalue weighted by Gasteiger charge is -2.20. The molecule has 0 aliphatic carbocycles. The van der Waals surface area contributed by atoms with Crippen molar-refractivity contribution < 1.29 is 9.84 Å². The van der Waals surface area contributed by atoms with E-state index < -0.39 is 0 Å². The van der Waals surface area contributed by atoms with Crippen molar-refractivity contribution >= 4 is 0 Å². The monoisotopic (exact) mass is 277 g/mol. The molecule has 112 valence electrons. The van der Waals surface area contributed by atoms with Gasteiger partial charge < -0.3 is 14.7 Å². The molecule has 1 aliphatic rings. The molecule has 1 unspecified atom stereocenters. The highest BCUT2D eigenvalue weighted by Gasteiger charge is 2.13. The van der Waals surface area contributed by atoms with Crippen LogP contribution in [-0.4, -0.2) is 42.4 Å². The van der Waals surface area contributed by atoms with Crippen molar-refractivity contribution in [1.29, 1.82) is 0 Å². The van der Waals surface area contributed by atoms with Gasteiger partial charge in [-0.15, -0.1) is 0 Å². The van der Waals surface area contributed by atoms with Crippen LogP contribution in [0.5, 0.6) is 5.75 Å². The van der Waals surface area contributed by atoms with Crippen LogP contribution in [0.3, 0.4) is 0 Å². The van der Waals surface area contributed by atoms with Crippen molar-refractivity contribution in [2.75, 3.05) is 26.2 Å². The highest BCUT2D eigenvalue weighted by Crippen LogP contribution is 2.26. The Bertz CT molecular complexity index is 415. The minimum atomic E-state index is -0.194. The van der Waals surface area contributed by atoms with Gasteiger partial charge in [0.2, 0.25) is 0 Å². The number of benzene rings is 1. The summed E-state index contributed by atoms with van der Waals surface area (Å²) in [7, 11) is 0. The predicted octanol–water partition coefficient (Wildman–Crippen LogP) is 2.65. The van der Waals surface area contributed by atoms with Gasteiger partial charge in [0.15, 0.2) is 0 Å². The minimum Gasteiger partial charge on any atom is -0.493 e. The third kappa shape index (κ3) is 4.22. The third-order valence-electron chi connectivity index (χ3n) is 4.19. The van der Waals surface area contributed by atoms with Gasteiger partial charge >= 0.3 is 0 Å². The summed E-state index contributed by atoms with van der Waals surface area (Å²) in [6, 6.07) is 6.43. The van der Waals surface area contributed by atoms with Crippen molar-refractivity contribution in [1.82, 2.24) is 4.90 Å². The molecule has 1 aromatic carbocycles. The summed E-state index contributed by atoms with van der Waals surface area (Å²) in [4.78, 5) is 2.36. The van der Waals surface area contributed by atoms with Crippen LogP contribution in [0.2, 0.25) is 0 Å². The van der Waals surface area contributed by atoms with E-state index in [9.17, 15) is 5.11 Å². The molecule has 0 saturated heterocycles. The molecule has 0 aromatic heterocycles. The Kier molecular flexibility index (Phi) is 5.86. The molecule has 0 spiro atoms. The van der Waals surface area contributed by atoms with Gasteiger partial charge in [0.05, 0.1) is 12.7 Å². The van der Waals surface area contributed by atoms with Gasteiger partial charge in [-0.1, -0.05) is 26.0 Å². The molecule has 20 heavy (non-hydrogen) atoms. The first-order valence-electron chi connectivity index (χ1n) is 7.88. The van der Waals surface area contributed by atoms with Crippen LogP contribution in [0, 0.1) is 0 Å². The van der Waals surface area contributed by atoms with Gasteiger partial charge in [0.25, 0.3) is 0 Å². The van der Waals surface area contributed by atoms with E-state index in [0.717, 1.165) is 57.7 Å². The van der Waals surface area contributed by atoms with E-state index in [-0.39, 0.29) is 6.10 Å². The average molecular weight is 277 g/mol. The number of hydrogen-bond donors (Lipinski definition) is 1. The van der Waals surface area contributed by atoms with E-state index in [1.54, 1.807) is 0 Å². The van der Waals surface area contributed by atoms with E-state index in [4.69, 9.17) is 4.74 Å². The summed E-state index contributed by atoms with van der Waals surface area (Å²) in [5.74, 6) is 1.04. The van der Waals surface area contributed by atoms with Crippen molar-refractivity contribution in [3.63, 3.8) is 0 Å². The zero-order valence-electron chi connectivity index (χ0n) is 12.8. The number of hydrogen-bond acceptors (Lipinski definition) is 3. The lowest BCUT2D eigenvalue weighted by Crippen LogP contribution is -2.27. The maximum atomic E-state index is 10.1. The van der Waals surface area contributed by atoms with Crippen molar-refractivity contribution in [2.45, 2.75) is 45.6 Å². The van der Waals surface area contributed by atoms with Gasteiger partial charge in [-0.25, -0.2) is 0 Å². The van der Waals surface area contributed by atoms with Crippen molar-refractivity contribution in [3.05, 3.63) is 29.3 Å². The van der Waals surface area contributed by atoms with E-state index >= 15 is 0 Å². The standard InChI is InChI=1S/C17H27NO2/c1-3-18(4-2)11-9-16(19)7-5-14-6-8-17-15(13-14)10-12-20-17/h6,8,13,16,19H,3-5,7,9-12H2,1-2H3. The average Bonchev–Trinajstić information content (AvgIpc) is 2.93. The maximum absolute atomic E-state index is 10.1. The third-order valence-corrected chi connectivity index (χ3v) is 4.19. The Hall–Kier alpha value is -1.06. The number of ether oxygens (including phenoxy) is 1. The second-order valence-electron chi connectivity index (χ2n) is 5.55. The van der Waals surface area contributed by atoms with Crippen LogP contribution in [0.15, 0.2) is 18.2 Å². The number of fused-ring (bicyclic) bond motifs is 1. The number of aryl methyl sites for hydroxylation is 1. The fourth-order valence-corrected chi connectivity index (χ4v) is 2.74. The second kappa shape index (κ2) is 7.65. The summed E-state index contributed by atoms with van der Waals surface area (Å²) < 4.78 is 5.51. The van der Waals surface area contributed by atoms with Gasteiger partial charge in [-0.3, -0.25) is 0 Å². The fourth-order valence-electron chi connectivity index (χ4n) is 2.74. The zero-order valence-corrected chi connectivity index (χ0v) is 12.8. The fraction of sp³-hybridized carbons (Fsp3) is 0.647. The first-order chi connectivity index (χ1) is 9.72. The summed E-state index contributed by atoms with van der Waals surface area (Å²) in [5, 5.41) is 10.1. The molecule has 1 N–H and O–H groups in total. The number of rotatable bonds is 8. The van der Waals surface area contributed by atoms with Gasteiger partial charge in [0, 0.05) is 13.0 Å². The topological polar surface area (TPSA) is 32.7 Å². The molecular weight excluding hydrogens is 250 g/mol. The number of aliphatic hydroxyl groups is 1. The number of aliphatic hydroxyl groups excluding tert-OH is 1. The van der Waals surface area contributed by atoms with E-state index in [1.807, 2.05) is 0 Å². The molecule has 2 rings (SSSR count). The molecule has 1 atom stereocenters. The van der Waals surface area contributed by atoms with Gasteiger partial charge in [-0.05, 0) is 49.5 Å². The lowest BCUT2D eigenvalue weighted by molar-refractivity contribution is 0.135. The highest BCUT2D eigenvalue weighted by molar-refractivity contribution is 5.39. The molecule has 1 aromatic rings. The Morgan fingerprint density at radius 3 is 2.80 bits per heavy atom. The molecule has 3 nitrogen and oxygen atoms in total. The van der Waals surface area contributed by atoms with Gasteiger partial charge in [-0.2, -0.15) is 0 Å². The smallest absolute Gasteiger partial charge is 0.122 e. The summed E-state index contributed by atoms with van der Waals surface area (Å²) >= 11 is 0. The van der Waals surface area contributed by atoms with Crippen LogP contribution >= 0.6 is 0 Å². The van der Waals surface area contributed by atoms with E-state index in [2.05, 4.69) is 36.9 Å². The highest BCUT2D eigenvalue weighted by atomic mass is 16.5. The largest absolute Gasteiger partial charge is 0.493 e. The summed E-state index contributed by atoms with van der Waals surface area (Å²) in [6.45, 7) is 8.27. The first kappa shape index (κ1) is 15.3. The van der Waals surface area contributed by atoms with Crippen molar-refractivity contribution in [3.8, 4) is 5.75 Å². The normalized spacial score (nSPS) is 15.2. The van der Waals surface area contributed by atoms with E-state index in [1.165, 1.54) is 11.1 Å². The Balaban J connectivity index is 1.74. The molecule has 0 bridgehead atoms. The van der Waals surface area contributed by atoms with Crippen LogP contribution in [0.25, 0.3) is 0 Å². The van der Waals surface area contributed by atoms with Crippen molar-refractivity contribution in [2.24, 2.45) is 0 Å². The zero-order chi connectivity index (χ0) is 14.4. The summed E-state index contributed by atoms with van der Waals surface area (Å²) in [5.41, 5.74) is 2.64. The second-order valence-corrected chi connectivity index (χ2v) is 5.55. The molecule has 3 heteroatoms. The Morgan fingerprint density at radius 1 is 1.25 bits per heavy atom. The van der Waals surface area contributed by atoms with E-state index in [0.29, 0.717) is 0 Å². The van der Waals surface area contributed by atoms with Crippen LogP contribution < -0.4 is 4.74 Å². The predicted molar refractivity (Wildman–Crippen MR) is 82.4 cm³/mol. The molecule has 1 aliphatic heterocycles. The quantitative estimate of drug-likeness (QED) is 0.793. The summed E-state index contributed by atoms with van der Waals surface area (Å²) in [6.07, 6.45) is 3.50. The molecule has 1 heterocycles.